The number of rotatable bonds is 8. The van der Waals surface area contributed by atoms with Crippen LogP contribution in [-0.2, 0) is 27.1 Å². The third-order valence-corrected chi connectivity index (χ3v) is 6.52. The van der Waals surface area contributed by atoms with Crippen molar-refractivity contribution >= 4 is 11.8 Å². The number of benzene rings is 2. The maximum absolute atomic E-state index is 12.9. The molecule has 0 saturated carbocycles. The van der Waals surface area contributed by atoms with Gasteiger partial charge in [0.15, 0.2) is 0 Å². The lowest BCUT2D eigenvalue weighted by Crippen LogP contribution is -2.48. The normalized spacial score (nSPS) is 21.3. The van der Waals surface area contributed by atoms with Crippen LogP contribution in [0.25, 0.3) is 0 Å². The fourth-order valence-corrected chi connectivity index (χ4v) is 4.59. The first kappa shape index (κ1) is 26.1. The molecule has 0 radical (unpaired) electrons. The average molecular weight is 506 g/mol. The SMILES string of the molecule is O=C(CNC(=O)c1cccc(C(F)(F)F)c1)N[C@@H]1CN(C2CCOCC2)C[C@H]1OCc1ccccc1. The van der Waals surface area contributed by atoms with Gasteiger partial charge in [0.2, 0.25) is 5.91 Å². The van der Waals surface area contributed by atoms with Gasteiger partial charge in [-0.3, -0.25) is 14.5 Å². The molecule has 2 fully saturated rings. The summed E-state index contributed by atoms with van der Waals surface area (Å²) in [5.74, 6) is -1.18. The number of halogens is 3. The summed E-state index contributed by atoms with van der Waals surface area (Å²) in [7, 11) is 0. The second-order valence-corrected chi connectivity index (χ2v) is 9.07. The van der Waals surface area contributed by atoms with Crippen LogP contribution in [-0.4, -0.2) is 67.7 Å². The van der Waals surface area contributed by atoms with Gasteiger partial charge in [0.1, 0.15) is 0 Å². The predicted octanol–water partition coefficient (Wildman–Crippen LogP) is 3.00. The summed E-state index contributed by atoms with van der Waals surface area (Å²) in [5.41, 5.74) is -0.0501. The van der Waals surface area contributed by atoms with Crippen molar-refractivity contribution in [2.24, 2.45) is 0 Å². The van der Waals surface area contributed by atoms with Crippen molar-refractivity contribution < 1.29 is 32.2 Å². The minimum atomic E-state index is -4.55. The van der Waals surface area contributed by atoms with E-state index in [-0.39, 0.29) is 24.3 Å². The third-order valence-electron chi connectivity index (χ3n) is 6.52. The highest BCUT2D eigenvalue weighted by Crippen LogP contribution is 2.29. The Balaban J connectivity index is 1.34. The molecule has 0 unspecified atom stereocenters. The van der Waals surface area contributed by atoms with Gasteiger partial charge in [-0.25, -0.2) is 0 Å². The summed E-state index contributed by atoms with van der Waals surface area (Å²) in [5, 5.41) is 5.35. The van der Waals surface area contributed by atoms with Gasteiger partial charge in [-0.2, -0.15) is 13.2 Å². The summed E-state index contributed by atoms with van der Waals surface area (Å²) in [4.78, 5) is 27.3. The quantitative estimate of drug-likeness (QED) is 0.577. The zero-order valence-electron chi connectivity index (χ0n) is 19.8. The summed E-state index contributed by atoms with van der Waals surface area (Å²) in [6.45, 7) is 2.74. The van der Waals surface area contributed by atoms with Gasteiger partial charge in [-0.05, 0) is 36.6 Å². The largest absolute Gasteiger partial charge is 0.416 e. The molecular formula is C26H30F3N3O4. The first-order valence-electron chi connectivity index (χ1n) is 12.0. The van der Waals surface area contributed by atoms with Crippen molar-refractivity contribution in [2.75, 3.05) is 32.8 Å². The van der Waals surface area contributed by atoms with Gasteiger partial charge in [0, 0.05) is 37.9 Å². The van der Waals surface area contributed by atoms with Crippen LogP contribution in [0.3, 0.4) is 0 Å². The van der Waals surface area contributed by atoms with Crippen LogP contribution in [0.15, 0.2) is 54.6 Å². The molecule has 0 aliphatic carbocycles. The molecule has 2 N–H and O–H groups in total. The van der Waals surface area contributed by atoms with E-state index in [1.54, 1.807) is 0 Å². The molecule has 2 heterocycles. The van der Waals surface area contributed by atoms with E-state index in [0.29, 0.717) is 39.0 Å². The minimum absolute atomic E-state index is 0.159. The molecule has 2 aliphatic rings. The van der Waals surface area contributed by atoms with Crippen LogP contribution in [0.5, 0.6) is 0 Å². The average Bonchev–Trinajstić information content (AvgIpc) is 3.29. The molecule has 2 atom stereocenters. The Morgan fingerprint density at radius 2 is 1.78 bits per heavy atom. The van der Waals surface area contributed by atoms with Crippen LogP contribution in [0.1, 0.15) is 34.3 Å². The maximum atomic E-state index is 12.9. The van der Waals surface area contributed by atoms with Crippen LogP contribution < -0.4 is 10.6 Å². The molecule has 2 aromatic rings. The lowest BCUT2D eigenvalue weighted by atomic mass is 10.1. The molecular weight excluding hydrogens is 475 g/mol. The molecule has 7 nitrogen and oxygen atoms in total. The minimum Gasteiger partial charge on any atom is -0.381 e. The summed E-state index contributed by atoms with van der Waals surface area (Å²) in [6.07, 6.45) is -2.96. The second-order valence-electron chi connectivity index (χ2n) is 9.07. The monoisotopic (exact) mass is 505 g/mol. The van der Waals surface area contributed by atoms with Gasteiger partial charge in [-0.15, -0.1) is 0 Å². The number of carbonyl (C=O) groups is 2. The van der Waals surface area contributed by atoms with Crippen LogP contribution >= 0.6 is 0 Å². The van der Waals surface area contributed by atoms with E-state index < -0.39 is 23.6 Å². The lowest BCUT2D eigenvalue weighted by Gasteiger charge is -2.30. The molecule has 2 aliphatic heterocycles. The van der Waals surface area contributed by atoms with Crippen molar-refractivity contribution in [3.63, 3.8) is 0 Å². The molecule has 194 valence electrons. The van der Waals surface area contributed by atoms with Crippen molar-refractivity contribution in [1.29, 1.82) is 0 Å². The Kier molecular flexibility index (Phi) is 8.60. The number of amides is 2. The highest BCUT2D eigenvalue weighted by Gasteiger charge is 2.38. The Hall–Kier alpha value is -2.95. The zero-order valence-corrected chi connectivity index (χ0v) is 19.8. The smallest absolute Gasteiger partial charge is 0.381 e. The van der Waals surface area contributed by atoms with Gasteiger partial charge in [0.05, 0.1) is 30.9 Å². The van der Waals surface area contributed by atoms with E-state index in [1.807, 2.05) is 30.3 Å². The highest BCUT2D eigenvalue weighted by atomic mass is 19.4. The Labute approximate surface area is 207 Å². The molecule has 2 saturated heterocycles. The Morgan fingerprint density at radius 1 is 1.03 bits per heavy atom. The molecule has 0 aromatic heterocycles. The van der Waals surface area contributed by atoms with Crippen molar-refractivity contribution in [1.82, 2.24) is 15.5 Å². The summed E-state index contributed by atoms with van der Waals surface area (Å²) in [6, 6.07) is 13.9. The van der Waals surface area contributed by atoms with Crippen molar-refractivity contribution in [3.05, 3.63) is 71.3 Å². The van der Waals surface area contributed by atoms with Crippen molar-refractivity contribution in [3.8, 4) is 0 Å². The standard InChI is InChI=1S/C26H30F3N3O4/c27-26(28,29)20-8-4-7-19(13-20)25(34)30-14-24(33)31-22-15-32(21-9-11-35-12-10-21)16-23(22)36-17-18-5-2-1-3-6-18/h1-8,13,21-23H,9-12,14-17H2,(H,30,34)(H,31,33)/t22-,23-/m1/s1. The first-order chi connectivity index (χ1) is 17.3. The van der Waals surface area contributed by atoms with Crippen LogP contribution in [0.4, 0.5) is 13.2 Å². The van der Waals surface area contributed by atoms with E-state index in [4.69, 9.17) is 9.47 Å². The Bertz CT molecular complexity index is 1030. The van der Waals surface area contributed by atoms with Crippen molar-refractivity contribution in [2.45, 2.75) is 43.8 Å². The third kappa shape index (κ3) is 7.05. The van der Waals surface area contributed by atoms with Gasteiger partial charge in [-0.1, -0.05) is 36.4 Å². The highest BCUT2D eigenvalue weighted by molar-refractivity contribution is 5.96. The summed E-state index contributed by atoms with van der Waals surface area (Å²) < 4.78 is 50.4. The summed E-state index contributed by atoms with van der Waals surface area (Å²) >= 11 is 0. The fraction of sp³-hybridized carbons (Fsp3) is 0.462. The molecule has 36 heavy (non-hydrogen) atoms. The van der Waals surface area contributed by atoms with Gasteiger partial charge in [0.25, 0.3) is 5.91 Å². The zero-order chi connectivity index (χ0) is 25.5. The first-order valence-corrected chi connectivity index (χ1v) is 12.0. The topological polar surface area (TPSA) is 79.9 Å². The van der Waals surface area contributed by atoms with Gasteiger partial charge >= 0.3 is 6.18 Å². The number of carbonyl (C=O) groups excluding carboxylic acids is 2. The Morgan fingerprint density at radius 3 is 2.50 bits per heavy atom. The molecule has 2 amide bonds. The van der Waals surface area contributed by atoms with E-state index in [9.17, 15) is 22.8 Å². The van der Waals surface area contributed by atoms with E-state index in [2.05, 4.69) is 15.5 Å². The fourth-order valence-electron chi connectivity index (χ4n) is 4.59. The van der Waals surface area contributed by atoms with E-state index in [1.165, 1.54) is 6.07 Å². The number of alkyl halides is 3. The number of nitrogens with one attached hydrogen (secondary N) is 2. The van der Waals surface area contributed by atoms with E-state index >= 15 is 0 Å². The second kappa shape index (κ2) is 11.9. The van der Waals surface area contributed by atoms with Gasteiger partial charge < -0.3 is 20.1 Å². The molecule has 10 heteroatoms. The maximum Gasteiger partial charge on any atom is 0.416 e. The molecule has 0 spiro atoms. The number of hydrogen-bond donors (Lipinski definition) is 2. The lowest BCUT2D eigenvalue weighted by molar-refractivity contribution is -0.137. The molecule has 2 aromatic carbocycles. The van der Waals surface area contributed by atoms with E-state index in [0.717, 1.165) is 36.6 Å². The van der Waals surface area contributed by atoms with Crippen LogP contribution in [0, 0.1) is 0 Å². The molecule has 4 rings (SSSR count). The number of likely N-dealkylation sites (tertiary alicyclic amines) is 1. The van der Waals surface area contributed by atoms with Crippen LogP contribution in [0.2, 0.25) is 0 Å². The number of hydrogen-bond acceptors (Lipinski definition) is 5. The number of nitrogens with zero attached hydrogens (tertiary/aromatic N) is 1. The molecule has 0 bridgehead atoms. The predicted molar refractivity (Wildman–Crippen MR) is 126 cm³/mol. The number of ether oxygens (including phenoxy) is 2.